The molecule has 0 saturated carbocycles. The van der Waals surface area contributed by atoms with Crippen LogP contribution in [0.15, 0.2) is 0 Å². The Hall–Kier alpha value is -1.03. The maximum atomic E-state index is 12.0. The van der Waals surface area contributed by atoms with Crippen LogP contribution in [0.2, 0.25) is 0 Å². The van der Waals surface area contributed by atoms with E-state index in [-0.39, 0.29) is 38.3 Å². The summed E-state index contributed by atoms with van der Waals surface area (Å²) in [5.41, 5.74) is 4.87. The Kier molecular flexibility index (Phi) is 35.7. The molecule has 44 heavy (non-hydrogen) atoms. The Morgan fingerprint density at radius 2 is 1.00 bits per heavy atom. The van der Waals surface area contributed by atoms with Crippen molar-refractivity contribution in [1.82, 2.24) is 0 Å². The monoisotopic (exact) mass is 653 g/mol. The Balaban J connectivity index is 0. The van der Waals surface area contributed by atoms with Crippen LogP contribution in [0.4, 0.5) is 0 Å². The highest BCUT2D eigenvalue weighted by molar-refractivity contribution is 7.46. The zero-order valence-electron chi connectivity index (χ0n) is 28.2. The van der Waals surface area contributed by atoms with E-state index in [1.54, 1.807) is 0 Å². The number of phosphoric ester groups is 1. The highest BCUT2D eigenvalue weighted by Gasteiger charge is 2.16. The number of carbonyl (C=O) groups is 2. The molecule has 0 aromatic rings. The molecule has 5 N–H and O–H groups in total. The molecule has 0 spiro atoms. The minimum Gasteiger partial charge on any atom is -0.462 e. The second-order valence-electron chi connectivity index (χ2n) is 11.7. The average molecular weight is 654 g/mol. The number of hydrogen-bond acceptors (Lipinski definition) is 8. The lowest BCUT2D eigenvalue weighted by Crippen LogP contribution is -2.28. The van der Waals surface area contributed by atoms with Crippen molar-refractivity contribution >= 4 is 19.8 Å². The van der Waals surface area contributed by atoms with Crippen LogP contribution in [-0.2, 0) is 28.2 Å². The lowest BCUT2D eigenvalue weighted by Gasteiger charge is -2.15. The molecule has 0 rings (SSSR count). The Labute approximate surface area is 268 Å². The van der Waals surface area contributed by atoms with Crippen LogP contribution in [0.25, 0.3) is 0 Å². The standard InChI is InChI=1S/C31H60O5.C2H8NO4P/c1-3-5-7-9-11-13-15-17-19-21-23-25-30(33)35-28-29(27-32)36-31(34)26-24-22-20-18-16-14-12-10-8-6-4-2;3-1-2-7-8(4,5)6/h29,32H,3-28H2,1-2H3;1-3H2,(H2,4,5,6)/t29-;/m0./s1. The molecule has 0 radical (unpaired) electrons. The molecule has 0 fully saturated rings. The molecule has 264 valence electrons. The quantitative estimate of drug-likeness (QED) is 0.0328. The predicted molar refractivity (Wildman–Crippen MR) is 177 cm³/mol. The molecule has 0 saturated heterocycles. The van der Waals surface area contributed by atoms with Gasteiger partial charge in [0.2, 0.25) is 0 Å². The van der Waals surface area contributed by atoms with Crippen LogP contribution in [0, 0.1) is 0 Å². The normalized spacial score (nSPS) is 12.0. The first-order valence-corrected chi connectivity index (χ1v) is 19.1. The molecule has 0 amide bonds. The first-order valence-electron chi connectivity index (χ1n) is 17.6. The minimum atomic E-state index is -4.26. The number of nitrogens with two attached hydrogens (primary N) is 1. The lowest BCUT2D eigenvalue weighted by molar-refractivity contribution is -0.161. The van der Waals surface area contributed by atoms with E-state index in [0.717, 1.165) is 38.5 Å². The Bertz CT molecular complexity index is 676. The van der Waals surface area contributed by atoms with Crippen molar-refractivity contribution in [2.24, 2.45) is 5.73 Å². The van der Waals surface area contributed by atoms with Gasteiger partial charge in [-0.3, -0.25) is 14.1 Å². The van der Waals surface area contributed by atoms with Gasteiger partial charge >= 0.3 is 19.8 Å². The molecule has 0 aliphatic rings. The fourth-order valence-electron chi connectivity index (χ4n) is 4.67. The van der Waals surface area contributed by atoms with E-state index in [0.29, 0.717) is 12.8 Å². The fourth-order valence-corrected chi connectivity index (χ4v) is 5.01. The van der Waals surface area contributed by atoms with Crippen molar-refractivity contribution in [2.75, 3.05) is 26.4 Å². The summed E-state index contributed by atoms with van der Waals surface area (Å²) >= 11 is 0. The summed E-state index contributed by atoms with van der Waals surface area (Å²) in [5.74, 6) is -0.586. The van der Waals surface area contributed by atoms with Crippen LogP contribution in [0.5, 0.6) is 0 Å². The summed E-state index contributed by atoms with van der Waals surface area (Å²) in [6.45, 7) is 4.12. The van der Waals surface area contributed by atoms with Crippen LogP contribution < -0.4 is 5.73 Å². The second-order valence-corrected chi connectivity index (χ2v) is 12.9. The Morgan fingerprint density at radius 1 is 0.636 bits per heavy atom. The van der Waals surface area contributed by atoms with E-state index in [9.17, 15) is 19.3 Å². The number of rotatable bonds is 31. The summed E-state index contributed by atoms with van der Waals surface area (Å²) in [5, 5.41) is 9.46. The summed E-state index contributed by atoms with van der Waals surface area (Å²) in [7, 11) is -4.26. The van der Waals surface area contributed by atoms with E-state index in [1.807, 2.05) is 0 Å². The van der Waals surface area contributed by atoms with Gasteiger partial charge in [0.15, 0.2) is 6.10 Å². The van der Waals surface area contributed by atoms with Crippen molar-refractivity contribution in [1.29, 1.82) is 0 Å². The van der Waals surface area contributed by atoms with Gasteiger partial charge < -0.3 is 30.1 Å². The molecule has 0 aromatic carbocycles. The number of carbonyl (C=O) groups excluding carboxylic acids is 2. The molecule has 0 unspecified atom stereocenters. The molecule has 0 aliphatic heterocycles. The molecule has 0 bridgehead atoms. The van der Waals surface area contributed by atoms with Crippen molar-refractivity contribution in [3.8, 4) is 0 Å². The van der Waals surface area contributed by atoms with Gasteiger partial charge in [-0.1, -0.05) is 142 Å². The zero-order valence-corrected chi connectivity index (χ0v) is 29.1. The van der Waals surface area contributed by atoms with Crippen LogP contribution in [-0.4, -0.2) is 59.3 Å². The van der Waals surface area contributed by atoms with Crippen molar-refractivity contribution < 1.29 is 43.0 Å². The minimum absolute atomic E-state index is 0.0582. The third-order valence-corrected chi connectivity index (χ3v) is 7.80. The number of unbranched alkanes of at least 4 members (excludes halogenated alkanes) is 20. The number of aliphatic hydroxyl groups is 1. The van der Waals surface area contributed by atoms with E-state index >= 15 is 0 Å². The SMILES string of the molecule is CCCCCCCCCCCCCC(=O)OC[C@H](CO)OC(=O)CCCCCCCCCCCCC.NCCOP(=O)(O)O. The van der Waals surface area contributed by atoms with Crippen molar-refractivity contribution in [3.05, 3.63) is 0 Å². The zero-order chi connectivity index (χ0) is 33.2. The third-order valence-electron chi connectivity index (χ3n) is 7.28. The first-order chi connectivity index (χ1) is 21.2. The molecule has 0 aliphatic carbocycles. The van der Waals surface area contributed by atoms with Gasteiger partial charge in [0.1, 0.15) is 6.61 Å². The molecule has 10 nitrogen and oxygen atoms in total. The summed E-state index contributed by atoms with van der Waals surface area (Å²) in [6.07, 6.45) is 27.2. The van der Waals surface area contributed by atoms with Crippen molar-refractivity contribution in [3.63, 3.8) is 0 Å². The van der Waals surface area contributed by atoms with E-state index in [1.165, 1.54) is 103 Å². The maximum absolute atomic E-state index is 12.0. The van der Waals surface area contributed by atoms with Gasteiger partial charge in [0.05, 0.1) is 13.2 Å². The Morgan fingerprint density at radius 3 is 1.32 bits per heavy atom. The first kappa shape index (κ1) is 45.1. The van der Waals surface area contributed by atoms with Crippen LogP contribution in [0.1, 0.15) is 168 Å². The average Bonchev–Trinajstić information content (AvgIpc) is 2.99. The number of esters is 2. The molecular weight excluding hydrogens is 585 g/mol. The molecule has 0 aromatic heterocycles. The summed E-state index contributed by atoms with van der Waals surface area (Å²) in [4.78, 5) is 39.9. The molecule has 11 heteroatoms. The highest BCUT2D eigenvalue weighted by Crippen LogP contribution is 2.34. The van der Waals surface area contributed by atoms with Gasteiger partial charge in [0, 0.05) is 19.4 Å². The summed E-state index contributed by atoms with van der Waals surface area (Å²) < 4.78 is 24.2. The molecule has 0 heterocycles. The largest absolute Gasteiger partial charge is 0.469 e. The maximum Gasteiger partial charge on any atom is 0.469 e. The third kappa shape index (κ3) is 39.0. The topological polar surface area (TPSA) is 166 Å². The lowest BCUT2D eigenvalue weighted by atomic mass is 10.1. The number of aliphatic hydroxyl groups excluding tert-OH is 1. The van der Waals surface area contributed by atoms with Gasteiger partial charge in [-0.2, -0.15) is 0 Å². The number of hydrogen-bond donors (Lipinski definition) is 4. The van der Waals surface area contributed by atoms with Gasteiger partial charge in [-0.05, 0) is 12.8 Å². The van der Waals surface area contributed by atoms with E-state index in [2.05, 4.69) is 18.4 Å². The van der Waals surface area contributed by atoms with Crippen molar-refractivity contribution in [2.45, 2.75) is 174 Å². The van der Waals surface area contributed by atoms with E-state index < -0.39 is 13.9 Å². The van der Waals surface area contributed by atoms with Crippen LogP contribution >= 0.6 is 7.82 Å². The van der Waals surface area contributed by atoms with Gasteiger partial charge in [-0.15, -0.1) is 0 Å². The van der Waals surface area contributed by atoms with Gasteiger partial charge in [0.25, 0.3) is 0 Å². The highest BCUT2D eigenvalue weighted by atomic mass is 31.2. The van der Waals surface area contributed by atoms with E-state index in [4.69, 9.17) is 25.0 Å². The van der Waals surface area contributed by atoms with Crippen LogP contribution in [0.3, 0.4) is 0 Å². The summed E-state index contributed by atoms with van der Waals surface area (Å²) in [6, 6.07) is 0. The number of ether oxygens (including phenoxy) is 2. The second kappa shape index (κ2) is 34.8. The molecular formula is C33H68NO9P. The smallest absolute Gasteiger partial charge is 0.462 e. The fraction of sp³-hybridized carbons (Fsp3) is 0.939. The number of phosphoric acid groups is 1. The predicted octanol–water partition coefficient (Wildman–Crippen LogP) is 7.89. The molecule has 1 atom stereocenters. The van der Waals surface area contributed by atoms with Gasteiger partial charge in [-0.25, -0.2) is 4.57 Å².